The summed E-state index contributed by atoms with van der Waals surface area (Å²) in [6, 6.07) is 14.5. The maximum absolute atomic E-state index is 13.4. The molecule has 3 aromatic rings. The fourth-order valence-corrected chi connectivity index (χ4v) is 4.40. The first-order valence-corrected chi connectivity index (χ1v) is 11.0. The lowest BCUT2D eigenvalue weighted by molar-refractivity contribution is 0.0615. The number of rotatable bonds is 6. The molecule has 6 heteroatoms. The molecule has 0 saturated carbocycles. The van der Waals surface area contributed by atoms with Gasteiger partial charge in [0.15, 0.2) is 0 Å². The zero-order valence-electron chi connectivity index (χ0n) is 18.7. The monoisotopic (exact) mass is 420 g/mol. The van der Waals surface area contributed by atoms with Gasteiger partial charge in [0.2, 0.25) is 0 Å². The number of aryl methyl sites for hydroxylation is 2. The Balaban J connectivity index is 1.65. The van der Waals surface area contributed by atoms with E-state index < -0.39 is 0 Å². The van der Waals surface area contributed by atoms with Gasteiger partial charge in [0, 0.05) is 63.0 Å². The van der Waals surface area contributed by atoms with Crippen LogP contribution in [0.2, 0.25) is 0 Å². The molecular weight excluding hydrogens is 388 g/mol. The normalized spacial score (nSPS) is 14.9. The molecule has 0 unspecified atom stereocenters. The highest BCUT2D eigenvalue weighted by molar-refractivity contribution is 6.04. The lowest BCUT2D eigenvalue weighted by Gasteiger charge is -2.34. The molecule has 0 aliphatic carbocycles. The van der Waals surface area contributed by atoms with E-state index in [2.05, 4.69) is 59.9 Å². The molecule has 1 aromatic heterocycles. The summed E-state index contributed by atoms with van der Waals surface area (Å²) in [5.74, 6) is 0.0816. The largest absolute Gasteiger partial charge is 0.395 e. The number of carbonyl (C=O) groups excluding carboxylic acids is 1. The number of carbonyl (C=O) groups is 1. The minimum atomic E-state index is 0.0816. The zero-order valence-corrected chi connectivity index (χ0v) is 18.7. The van der Waals surface area contributed by atoms with E-state index in [0.29, 0.717) is 19.6 Å². The topological polar surface area (TPSA) is 62.8 Å². The Morgan fingerprint density at radius 3 is 2.48 bits per heavy atom. The molecule has 1 saturated heterocycles. The summed E-state index contributed by atoms with van der Waals surface area (Å²) in [5, 5.41) is 10.3. The SMILES string of the molecule is Cc1[nH]c2c(N(C)Cc3ccccc3)cc(C(=O)N3CCN(CCO)CC3)cc2c1C. The molecular formula is C25H32N4O2. The Morgan fingerprint density at radius 1 is 1.10 bits per heavy atom. The van der Waals surface area contributed by atoms with Gasteiger partial charge in [-0.1, -0.05) is 30.3 Å². The molecule has 2 aromatic carbocycles. The number of nitrogens with zero attached hydrogens (tertiary/aromatic N) is 3. The fourth-order valence-electron chi connectivity index (χ4n) is 4.40. The Morgan fingerprint density at radius 2 is 1.81 bits per heavy atom. The van der Waals surface area contributed by atoms with Crippen molar-refractivity contribution in [3.63, 3.8) is 0 Å². The Labute approximate surface area is 184 Å². The van der Waals surface area contributed by atoms with Gasteiger partial charge in [-0.25, -0.2) is 0 Å². The molecule has 6 nitrogen and oxygen atoms in total. The second-order valence-electron chi connectivity index (χ2n) is 8.49. The first kappa shape index (κ1) is 21.4. The van der Waals surface area contributed by atoms with Crippen LogP contribution in [-0.4, -0.2) is 72.2 Å². The van der Waals surface area contributed by atoms with Crippen molar-refractivity contribution >= 4 is 22.5 Å². The van der Waals surface area contributed by atoms with E-state index in [0.717, 1.165) is 47.5 Å². The van der Waals surface area contributed by atoms with Crippen LogP contribution >= 0.6 is 0 Å². The van der Waals surface area contributed by atoms with Crippen LogP contribution in [0.1, 0.15) is 27.2 Å². The zero-order chi connectivity index (χ0) is 22.0. The van der Waals surface area contributed by atoms with Gasteiger partial charge in [0.1, 0.15) is 0 Å². The first-order valence-electron chi connectivity index (χ1n) is 11.0. The molecule has 0 spiro atoms. The second kappa shape index (κ2) is 9.12. The van der Waals surface area contributed by atoms with Crippen LogP contribution in [0.15, 0.2) is 42.5 Å². The van der Waals surface area contributed by atoms with Gasteiger partial charge in [-0.15, -0.1) is 0 Å². The Kier molecular flexibility index (Phi) is 6.30. The van der Waals surface area contributed by atoms with E-state index in [4.69, 9.17) is 5.11 Å². The van der Waals surface area contributed by atoms with Gasteiger partial charge in [0.25, 0.3) is 5.91 Å². The molecule has 1 aliphatic heterocycles. The number of nitrogens with one attached hydrogen (secondary N) is 1. The standard InChI is InChI=1S/C25H32N4O2/c1-18-19(2)26-24-22(18)15-21(25(31)29-11-9-28(10-12-29)13-14-30)16-23(24)27(3)17-20-7-5-4-6-8-20/h4-8,15-16,26,30H,9-14,17H2,1-3H3. The van der Waals surface area contributed by atoms with Gasteiger partial charge in [-0.05, 0) is 37.1 Å². The maximum Gasteiger partial charge on any atom is 0.254 e. The highest BCUT2D eigenvalue weighted by atomic mass is 16.3. The van der Waals surface area contributed by atoms with E-state index >= 15 is 0 Å². The van der Waals surface area contributed by atoms with Crippen molar-refractivity contribution < 1.29 is 9.90 Å². The van der Waals surface area contributed by atoms with E-state index in [1.54, 1.807) is 0 Å². The summed E-state index contributed by atoms with van der Waals surface area (Å²) in [6.07, 6.45) is 0. The van der Waals surface area contributed by atoms with Crippen LogP contribution in [-0.2, 0) is 6.54 Å². The van der Waals surface area contributed by atoms with Crippen LogP contribution in [0.3, 0.4) is 0 Å². The number of H-pyrrole nitrogens is 1. The second-order valence-corrected chi connectivity index (χ2v) is 8.49. The molecule has 0 radical (unpaired) electrons. The molecule has 1 amide bonds. The minimum absolute atomic E-state index is 0.0816. The highest BCUT2D eigenvalue weighted by Gasteiger charge is 2.24. The van der Waals surface area contributed by atoms with Crippen molar-refractivity contribution in [2.24, 2.45) is 0 Å². The summed E-state index contributed by atoms with van der Waals surface area (Å²) in [5.41, 5.74) is 6.41. The maximum atomic E-state index is 13.4. The van der Waals surface area contributed by atoms with Gasteiger partial charge >= 0.3 is 0 Å². The van der Waals surface area contributed by atoms with Gasteiger partial charge < -0.3 is 19.9 Å². The average molecular weight is 421 g/mol. The molecule has 2 heterocycles. The molecule has 164 valence electrons. The number of hydrogen-bond acceptors (Lipinski definition) is 4. The van der Waals surface area contributed by atoms with Crippen molar-refractivity contribution in [1.29, 1.82) is 0 Å². The number of anilines is 1. The minimum Gasteiger partial charge on any atom is -0.395 e. The van der Waals surface area contributed by atoms with Crippen LogP contribution in [0.4, 0.5) is 5.69 Å². The fraction of sp³-hybridized carbons (Fsp3) is 0.400. The molecule has 2 N–H and O–H groups in total. The molecule has 31 heavy (non-hydrogen) atoms. The van der Waals surface area contributed by atoms with Crippen molar-refractivity contribution in [3.8, 4) is 0 Å². The van der Waals surface area contributed by atoms with E-state index in [1.165, 1.54) is 11.1 Å². The van der Waals surface area contributed by atoms with Gasteiger partial charge in [0.05, 0.1) is 17.8 Å². The predicted octanol–water partition coefficient (Wildman–Crippen LogP) is 3.17. The Bertz CT molecular complexity index is 1050. The summed E-state index contributed by atoms with van der Waals surface area (Å²) < 4.78 is 0. The number of β-amino-alcohol motifs (C(OH)–C–C–N with tert-alkyl or cyclic N) is 1. The molecule has 1 fully saturated rings. The van der Waals surface area contributed by atoms with E-state index in [1.807, 2.05) is 23.1 Å². The number of aromatic amines is 1. The third-order valence-corrected chi connectivity index (χ3v) is 6.39. The third kappa shape index (κ3) is 4.45. The van der Waals surface area contributed by atoms with Crippen molar-refractivity contribution in [2.45, 2.75) is 20.4 Å². The first-order chi connectivity index (χ1) is 15.0. The van der Waals surface area contributed by atoms with E-state index in [-0.39, 0.29) is 12.5 Å². The van der Waals surface area contributed by atoms with Crippen molar-refractivity contribution in [2.75, 3.05) is 51.3 Å². The summed E-state index contributed by atoms with van der Waals surface area (Å²) in [7, 11) is 2.08. The van der Waals surface area contributed by atoms with Gasteiger partial charge in [-0.3, -0.25) is 9.69 Å². The number of aromatic nitrogens is 1. The van der Waals surface area contributed by atoms with Crippen LogP contribution in [0.25, 0.3) is 10.9 Å². The molecule has 4 rings (SSSR count). The lowest BCUT2D eigenvalue weighted by Crippen LogP contribution is -2.49. The molecule has 0 atom stereocenters. The predicted molar refractivity (Wildman–Crippen MR) is 126 cm³/mol. The number of aliphatic hydroxyl groups is 1. The van der Waals surface area contributed by atoms with E-state index in [9.17, 15) is 4.79 Å². The molecule has 1 aliphatic rings. The number of fused-ring (bicyclic) bond motifs is 1. The number of aliphatic hydroxyl groups excluding tert-OH is 1. The summed E-state index contributed by atoms with van der Waals surface area (Å²) in [6.45, 7) is 8.78. The molecule has 0 bridgehead atoms. The smallest absolute Gasteiger partial charge is 0.254 e. The van der Waals surface area contributed by atoms with Crippen LogP contribution in [0, 0.1) is 13.8 Å². The lowest BCUT2D eigenvalue weighted by atomic mass is 10.0. The van der Waals surface area contributed by atoms with Crippen molar-refractivity contribution in [1.82, 2.24) is 14.8 Å². The average Bonchev–Trinajstić information content (AvgIpc) is 3.07. The third-order valence-electron chi connectivity index (χ3n) is 6.39. The summed E-state index contributed by atoms with van der Waals surface area (Å²) >= 11 is 0. The Hall–Kier alpha value is -2.83. The number of amides is 1. The summed E-state index contributed by atoms with van der Waals surface area (Å²) in [4.78, 5) is 23.3. The number of hydrogen-bond donors (Lipinski definition) is 2. The highest BCUT2D eigenvalue weighted by Crippen LogP contribution is 2.32. The quantitative estimate of drug-likeness (QED) is 0.643. The van der Waals surface area contributed by atoms with Crippen molar-refractivity contribution in [3.05, 3.63) is 64.8 Å². The van der Waals surface area contributed by atoms with Gasteiger partial charge in [-0.2, -0.15) is 0 Å². The number of benzene rings is 2. The van der Waals surface area contributed by atoms with Crippen LogP contribution < -0.4 is 4.90 Å². The number of piperazine rings is 1. The van der Waals surface area contributed by atoms with Crippen LogP contribution in [0.5, 0.6) is 0 Å².